The van der Waals surface area contributed by atoms with E-state index in [0.29, 0.717) is 0 Å². The van der Waals surface area contributed by atoms with E-state index in [1.165, 1.54) is 31.0 Å². The lowest BCUT2D eigenvalue weighted by atomic mass is 9.77. The van der Waals surface area contributed by atoms with E-state index in [0.717, 1.165) is 23.2 Å². The van der Waals surface area contributed by atoms with Crippen LogP contribution in [-0.4, -0.2) is 5.33 Å². The fourth-order valence-corrected chi connectivity index (χ4v) is 4.85. The molecule has 2 unspecified atom stereocenters. The Hall–Kier alpha value is 0.480. The van der Waals surface area contributed by atoms with Crippen LogP contribution in [0.3, 0.4) is 0 Å². The van der Waals surface area contributed by atoms with Gasteiger partial charge in [-0.2, -0.15) is 0 Å². The molecule has 0 saturated heterocycles. The molecular formula is C13H21Br. The van der Waals surface area contributed by atoms with Crippen LogP contribution in [0.1, 0.15) is 51.4 Å². The lowest BCUT2D eigenvalue weighted by Gasteiger charge is -2.31. The second-order valence-electron chi connectivity index (χ2n) is 6.15. The summed E-state index contributed by atoms with van der Waals surface area (Å²) in [6, 6.07) is 0. The Labute approximate surface area is 96.0 Å². The van der Waals surface area contributed by atoms with Crippen molar-refractivity contribution in [3.05, 3.63) is 0 Å². The van der Waals surface area contributed by atoms with Gasteiger partial charge in [0.2, 0.25) is 0 Å². The van der Waals surface area contributed by atoms with Crippen LogP contribution in [0.25, 0.3) is 0 Å². The summed E-state index contributed by atoms with van der Waals surface area (Å²) in [4.78, 5) is 0. The average Bonchev–Trinajstić information content (AvgIpc) is 2.68. The first-order chi connectivity index (χ1) is 6.81. The van der Waals surface area contributed by atoms with Crippen molar-refractivity contribution in [2.24, 2.45) is 23.2 Å². The smallest absolute Gasteiger partial charge is 0.00882 e. The topological polar surface area (TPSA) is 0 Å². The van der Waals surface area contributed by atoms with Crippen LogP contribution in [0, 0.1) is 23.2 Å². The second kappa shape index (κ2) is 3.50. The molecule has 2 atom stereocenters. The molecule has 0 amide bonds. The Balaban J connectivity index is 1.62. The summed E-state index contributed by atoms with van der Waals surface area (Å²) in [6.07, 6.45) is 12.3. The average molecular weight is 257 g/mol. The van der Waals surface area contributed by atoms with Gasteiger partial charge in [-0.15, -0.1) is 0 Å². The molecule has 0 aliphatic heterocycles. The maximum absolute atomic E-state index is 3.79. The lowest BCUT2D eigenvalue weighted by molar-refractivity contribution is 0.232. The molecule has 3 aliphatic rings. The second-order valence-corrected chi connectivity index (χ2v) is 6.71. The number of alkyl halides is 1. The van der Waals surface area contributed by atoms with Crippen LogP contribution in [0.2, 0.25) is 0 Å². The molecule has 3 saturated carbocycles. The van der Waals surface area contributed by atoms with Gasteiger partial charge >= 0.3 is 0 Å². The van der Waals surface area contributed by atoms with E-state index in [9.17, 15) is 0 Å². The van der Waals surface area contributed by atoms with Gasteiger partial charge in [0.15, 0.2) is 0 Å². The Kier molecular flexibility index (Phi) is 2.42. The first-order valence-electron chi connectivity index (χ1n) is 6.37. The first kappa shape index (κ1) is 9.69. The maximum atomic E-state index is 3.79. The summed E-state index contributed by atoms with van der Waals surface area (Å²) in [5.74, 6) is 3.38. The van der Waals surface area contributed by atoms with Crippen LogP contribution in [0.15, 0.2) is 0 Å². The van der Waals surface area contributed by atoms with Crippen molar-refractivity contribution < 1.29 is 0 Å². The minimum Gasteiger partial charge on any atom is -0.0922 e. The zero-order valence-corrected chi connectivity index (χ0v) is 10.6. The highest BCUT2D eigenvalue weighted by Crippen LogP contribution is 2.62. The van der Waals surface area contributed by atoms with Gasteiger partial charge in [-0.1, -0.05) is 41.6 Å². The Morgan fingerprint density at radius 3 is 2.29 bits per heavy atom. The molecule has 1 heteroatoms. The highest BCUT2D eigenvalue weighted by Gasteiger charge is 2.53. The molecule has 0 heterocycles. The molecule has 0 bridgehead atoms. The summed E-state index contributed by atoms with van der Waals surface area (Å²) in [7, 11) is 0. The molecule has 80 valence electrons. The van der Waals surface area contributed by atoms with E-state index in [1.54, 1.807) is 25.7 Å². The highest BCUT2D eigenvalue weighted by atomic mass is 79.9. The summed E-state index contributed by atoms with van der Waals surface area (Å²) < 4.78 is 0. The van der Waals surface area contributed by atoms with E-state index in [-0.39, 0.29) is 0 Å². The summed E-state index contributed by atoms with van der Waals surface area (Å²) in [5.41, 5.74) is 0.739. The lowest BCUT2D eigenvalue weighted by Crippen LogP contribution is -2.23. The van der Waals surface area contributed by atoms with Gasteiger partial charge in [-0.3, -0.25) is 0 Å². The van der Waals surface area contributed by atoms with Crippen molar-refractivity contribution in [2.45, 2.75) is 51.4 Å². The van der Waals surface area contributed by atoms with Gasteiger partial charge in [0.25, 0.3) is 0 Å². The fourth-order valence-electron chi connectivity index (χ4n) is 4.16. The van der Waals surface area contributed by atoms with E-state index in [4.69, 9.17) is 0 Å². The minimum atomic E-state index is 0.739. The molecule has 0 aromatic rings. The van der Waals surface area contributed by atoms with E-state index >= 15 is 0 Å². The molecule has 14 heavy (non-hydrogen) atoms. The summed E-state index contributed by atoms with van der Waals surface area (Å²) in [5, 5.41) is 1.28. The standard InChI is InChI=1S/C13H21Br/c14-9-13(6-10-3-1-2-4-10)7-11-5-12(11)8-13/h10-12H,1-9H2. The van der Waals surface area contributed by atoms with Crippen molar-refractivity contribution in [3.63, 3.8) is 0 Å². The zero-order valence-electron chi connectivity index (χ0n) is 8.97. The summed E-state index contributed by atoms with van der Waals surface area (Å²) in [6.45, 7) is 0. The number of halogens is 1. The molecule has 0 aromatic heterocycles. The fraction of sp³-hybridized carbons (Fsp3) is 1.00. The molecule has 3 rings (SSSR count). The maximum Gasteiger partial charge on any atom is 0.00882 e. The van der Waals surface area contributed by atoms with Gasteiger partial charge in [0.1, 0.15) is 0 Å². The zero-order chi connectivity index (χ0) is 9.60. The third-order valence-electron chi connectivity index (χ3n) is 4.94. The highest BCUT2D eigenvalue weighted by molar-refractivity contribution is 9.09. The summed E-state index contributed by atoms with van der Waals surface area (Å²) >= 11 is 3.79. The van der Waals surface area contributed by atoms with Crippen molar-refractivity contribution in [2.75, 3.05) is 5.33 Å². The van der Waals surface area contributed by atoms with Gasteiger partial charge in [0.05, 0.1) is 0 Å². The number of rotatable bonds is 3. The molecule has 0 radical (unpaired) electrons. The Morgan fingerprint density at radius 2 is 1.71 bits per heavy atom. The van der Waals surface area contributed by atoms with Crippen LogP contribution in [0.5, 0.6) is 0 Å². The molecular weight excluding hydrogens is 236 g/mol. The molecule has 0 N–H and O–H groups in total. The molecule has 3 fully saturated rings. The third-order valence-corrected chi connectivity index (χ3v) is 6.13. The van der Waals surface area contributed by atoms with E-state index in [1.807, 2.05) is 0 Å². The van der Waals surface area contributed by atoms with E-state index < -0.39 is 0 Å². The van der Waals surface area contributed by atoms with Gasteiger partial charge < -0.3 is 0 Å². The van der Waals surface area contributed by atoms with E-state index in [2.05, 4.69) is 15.9 Å². The molecule has 0 aromatic carbocycles. The number of hydrogen-bond acceptors (Lipinski definition) is 0. The third kappa shape index (κ3) is 1.66. The largest absolute Gasteiger partial charge is 0.0922 e. The van der Waals surface area contributed by atoms with Crippen LogP contribution in [0.4, 0.5) is 0 Å². The molecule has 0 spiro atoms. The SMILES string of the molecule is BrCC1(CC2CCCC2)CC2CC2C1. The van der Waals surface area contributed by atoms with Crippen molar-refractivity contribution in [1.29, 1.82) is 0 Å². The number of fused-ring (bicyclic) bond motifs is 1. The Morgan fingerprint density at radius 1 is 1.07 bits per heavy atom. The Bertz CT molecular complexity index is 207. The predicted octanol–water partition coefficient (Wildman–Crippen LogP) is 4.38. The van der Waals surface area contributed by atoms with Gasteiger partial charge in [-0.25, -0.2) is 0 Å². The molecule has 3 aliphatic carbocycles. The van der Waals surface area contributed by atoms with Crippen molar-refractivity contribution in [3.8, 4) is 0 Å². The van der Waals surface area contributed by atoms with Gasteiger partial charge in [-0.05, 0) is 48.9 Å². The first-order valence-corrected chi connectivity index (χ1v) is 7.49. The minimum absolute atomic E-state index is 0.739. The van der Waals surface area contributed by atoms with Crippen molar-refractivity contribution >= 4 is 15.9 Å². The quantitative estimate of drug-likeness (QED) is 0.658. The normalized spacial score (nSPS) is 46.9. The molecule has 0 nitrogen and oxygen atoms in total. The van der Waals surface area contributed by atoms with Crippen LogP contribution < -0.4 is 0 Å². The van der Waals surface area contributed by atoms with Gasteiger partial charge in [0, 0.05) is 5.33 Å². The van der Waals surface area contributed by atoms with Crippen LogP contribution in [-0.2, 0) is 0 Å². The van der Waals surface area contributed by atoms with Crippen molar-refractivity contribution in [1.82, 2.24) is 0 Å². The monoisotopic (exact) mass is 256 g/mol. The predicted molar refractivity (Wildman–Crippen MR) is 63.6 cm³/mol. The number of hydrogen-bond donors (Lipinski definition) is 0. The van der Waals surface area contributed by atoms with Crippen LogP contribution >= 0.6 is 15.9 Å².